The molecule has 0 aromatic heterocycles. The lowest BCUT2D eigenvalue weighted by Crippen LogP contribution is -2.60. The van der Waals surface area contributed by atoms with Crippen LogP contribution in [0.15, 0.2) is 5.16 Å². The van der Waals surface area contributed by atoms with Gasteiger partial charge in [0.25, 0.3) is 5.91 Å². The minimum atomic E-state index is -0.805. The Labute approximate surface area is 246 Å². The fourth-order valence-corrected chi connectivity index (χ4v) is 9.73. The second-order valence-electron chi connectivity index (χ2n) is 14.7. The van der Waals surface area contributed by atoms with Gasteiger partial charge in [-0.05, 0) is 97.2 Å². The second kappa shape index (κ2) is 12.5. The molecule has 13 atom stereocenters. The van der Waals surface area contributed by atoms with Crippen LogP contribution in [0.25, 0.3) is 0 Å². The van der Waals surface area contributed by atoms with Crippen molar-refractivity contribution in [2.75, 3.05) is 13.2 Å². The van der Waals surface area contributed by atoms with Gasteiger partial charge in [-0.25, -0.2) is 0 Å². The van der Waals surface area contributed by atoms with Gasteiger partial charge in [0, 0.05) is 5.92 Å². The molecule has 0 unspecified atom stereocenters. The maximum atomic E-state index is 12.1. The number of hydrogen-bond donors (Lipinski definition) is 5. The van der Waals surface area contributed by atoms with Crippen molar-refractivity contribution in [3.8, 4) is 12.3 Å². The van der Waals surface area contributed by atoms with E-state index in [1.807, 2.05) is 6.92 Å². The summed E-state index contributed by atoms with van der Waals surface area (Å²) in [4.78, 5) is 17.6. The zero-order valence-corrected chi connectivity index (χ0v) is 25.9. The van der Waals surface area contributed by atoms with Gasteiger partial charge in [0.1, 0.15) is 0 Å². The molecule has 0 saturated heterocycles. The number of amides is 1. The normalized spacial score (nSPS) is 42.3. The Morgan fingerprint density at radius 3 is 2.41 bits per heavy atom. The Hall–Kier alpha value is -1.66. The minimum Gasteiger partial charge on any atom is -0.390 e. The molecule has 0 aromatic carbocycles. The van der Waals surface area contributed by atoms with Gasteiger partial charge < -0.3 is 30.6 Å². The largest absolute Gasteiger partial charge is 0.390 e. The summed E-state index contributed by atoms with van der Waals surface area (Å²) in [5.41, 5.74) is 0.675. The number of oxime groups is 1. The molecule has 41 heavy (non-hydrogen) atoms. The number of rotatable bonds is 9. The zero-order valence-electron chi connectivity index (χ0n) is 25.9. The van der Waals surface area contributed by atoms with Crippen LogP contribution in [0.4, 0.5) is 0 Å². The van der Waals surface area contributed by atoms with Crippen LogP contribution in [-0.2, 0) is 9.63 Å². The molecule has 0 aromatic rings. The van der Waals surface area contributed by atoms with Crippen molar-refractivity contribution in [3.05, 3.63) is 0 Å². The molecule has 4 fully saturated rings. The Morgan fingerprint density at radius 1 is 1.07 bits per heavy atom. The number of fused-ring (bicyclic) bond motifs is 5. The molecule has 8 nitrogen and oxygen atoms in total. The third kappa shape index (κ3) is 5.94. The van der Waals surface area contributed by atoms with E-state index >= 15 is 0 Å². The Bertz CT molecular complexity index is 1010. The van der Waals surface area contributed by atoms with Gasteiger partial charge in [-0.1, -0.05) is 52.6 Å². The molecule has 1 amide bonds. The van der Waals surface area contributed by atoms with E-state index in [0.29, 0.717) is 36.5 Å². The minimum absolute atomic E-state index is 0.0175. The van der Waals surface area contributed by atoms with Gasteiger partial charge in [-0.2, -0.15) is 0 Å². The number of nitrogens with zero attached hydrogens (tertiary/aromatic N) is 1. The first kappa shape index (κ1) is 32.3. The van der Waals surface area contributed by atoms with Crippen LogP contribution in [0.2, 0.25) is 0 Å². The maximum absolute atomic E-state index is 12.1. The van der Waals surface area contributed by atoms with E-state index in [1.165, 1.54) is 0 Å². The monoisotopic (exact) mass is 574 g/mol. The van der Waals surface area contributed by atoms with E-state index in [-0.39, 0.29) is 53.6 Å². The van der Waals surface area contributed by atoms with Crippen LogP contribution < -0.4 is 5.32 Å². The van der Waals surface area contributed by atoms with E-state index in [9.17, 15) is 25.2 Å². The van der Waals surface area contributed by atoms with Crippen molar-refractivity contribution in [2.45, 2.75) is 111 Å². The SMILES string of the molecule is C#CCNC(=O)CO/N=C1\C[C@@H]2[C@H](CC[C@]3(C)[C@@H]([C@H](C)[C@@H](O)[C@H](O)[C@@H](C)C(C)C)CC[C@@H]23)[C@@]2(C)C[C@@H](O)[C@@H](O)C[C@H]12. The summed E-state index contributed by atoms with van der Waals surface area (Å²) < 4.78 is 0. The Morgan fingerprint density at radius 2 is 1.76 bits per heavy atom. The fourth-order valence-electron chi connectivity index (χ4n) is 9.73. The van der Waals surface area contributed by atoms with Crippen LogP contribution in [0.1, 0.15) is 86.5 Å². The number of nitrogens with one attached hydrogen (secondary N) is 1. The molecule has 0 aliphatic heterocycles. The number of terminal acetylenes is 1. The van der Waals surface area contributed by atoms with Gasteiger partial charge >= 0.3 is 0 Å². The van der Waals surface area contributed by atoms with Crippen LogP contribution in [0.3, 0.4) is 0 Å². The van der Waals surface area contributed by atoms with E-state index in [4.69, 9.17) is 11.3 Å². The second-order valence-corrected chi connectivity index (χ2v) is 14.7. The fraction of sp³-hybridized carbons (Fsp3) is 0.879. The van der Waals surface area contributed by atoms with Crippen molar-refractivity contribution in [3.63, 3.8) is 0 Å². The van der Waals surface area contributed by atoms with Gasteiger partial charge in [0.2, 0.25) is 0 Å². The number of hydrogen-bond acceptors (Lipinski definition) is 7. The lowest BCUT2D eigenvalue weighted by molar-refractivity contribution is -0.137. The molecule has 5 N–H and O–H groups in total. The number of carbonyl (C=O) groups excluding carboxylic acids is 1. The van der Waals surface area contributed by atoms with Crippen molar-refractivity contribution in [1.29, 1.82) is 0 Å². The lowest BCUT2D eigenvalue weighted by Gasteiger charge is -2.61. The summed E-state index contributed by atoms with van der Waals surface area (Å²) in [6.45, 7) is 12.9. The van der Waals surface area contributed by atoms with E-state index in [1.54, 1.807) is 0 Å². The number of aliphatic hydroxyl groups is 4. The van der Waals surface area contributed by atoms with E-state index < -0.39 is 24.4 Å². The average Bonchev–Trinajstić information content (AvgIpc) is 3.28. The van der Waals surface area contributed by atoms with Gasteiger partial charge in [0.15, 0.2) is 6.61 Å². The summed E-state index contributed by atoms with van der Waals surface area (Å²) in [7, 11) is 0. The first-order valence-electron chi connectivity index (χ1n) is 15.9. The van der Waals surface area contributed by atoms with Gasteiger partial charge in [-0.15, -0.1) is 6.42 Å². The zero-order chi connectivity index (χ0) is 30.3. The maximum Gasteiger partial charge on any atom is 0.261 e. The molecule has 0 bridgehead atoms. The number of aliphatic hydroxyl groups excluding tert-OH is 4. The Balaban J connectivity index is 1.58. The topological polar surface area (TPSA) is 132 Å². The highest BCUT2D eigenvalue weighted by molar-refractivity contribution is 5.88. The highest BCUT2D eigenvalue weighted by atomic mass is 16.6. The predicted molar refractivity (Wildman–Crippen MR) is 158 cm³/mol. The van der Waals surface area contributed by atoms with Crippen molar-refractivity contribution < 1.29 is 30.1 Å². The molecule has 232 valence electrons. The highest BCUT2D eigenvalue weighted by Gasteiger charge is 2.63. The van der Waals surface area contributed by atoms with Crippen LogP contribution >= 0.6 is 0 Å². The smallest absolute Gasteiger partial charge is 0.261 e. The summed E-state index contributed by atoms with van der Waals surface area (Å²) >= 11 is 0. The molecular weight excluding hydrogens is 520 g/mol. The van der Waals surface area contributed by atoms with E-state index in [2.05, 4.69) is 51.0 Å². The molecule has 4 saturated carbocycles. The first-order valence-corrected chi connectivity index (χ1v) is 15.9. The molecule has 8 heteroatoms. The van der Waals surface area contributed by atoms with Crippen molar-refractivity contribution >= 4 is 11.6 Å². The lowest BCUT2D eigenvalue weighted by atomic mass is 9.43. The molecule has 4 rings (SSSR count). The van der Waals surface area contributed by atoms with Crippen LogP contribution in [0.5, 0.6) is 0 Å². The molecule has 4 aliphatic rings. The number of carbonyl (C=O) groups is 1. The van der Waals surface area contributed by atoms with Crippen molar-refractivity contribution in [2.24, 2.45) is 63.3 Å². The first-order chi connectivity index (χ1) is 19.3. The van der Waals surface area contributed by atoms with E-state index in [0.717, 1.165) is 37.8 Å². The third-order valence-electron chi connectivity index (χ3n) is 12.4. The summed E-state index contributed by atoms with van der Waals surface area (Å²) in [6, 6.07) is 0. The molecule has 0 spiro atoms. The summed E-state index contributed by atoms with van der Waals surface area (Å²) in [5.74, 6) is 3.76. The van der Waals surface area contributed by atoms with Crippen molar-refractivity contribution in [1.82, 2.24) is 5.32 Å². The Kier molecular flexibility index (Phi) is 9.85. The standard InChI is InChI=1S/C33H54N2O6/c1-8-13-34-29(38)17-41-35-26-14-21-23-10-9-22(20(5)31(40)30(39)19(4)18(2)3)32(23,6)12-11-24(21)33(7)16-28(37)27(36)15-25(26)33/h1,18-25,27-28,30-31,36-37,39-40H,9-17H2,2-7H3,(H,34,38)/b35-26+/t19-,20-,21-,22+,23-,24-,25+,27-,28+,30+,31+,32+,33+/m0/s1. The highest BCUT2D eigenvalue weighted by Crippen LogP contribution is 2.68. The van der Waals surface area contributed by atoms with Gasteiger partial charge in [-0.3, -0.25) is 4.79 Å². The summed E-state index contributed by atoms with van der Waals surface area (Å²) in [6.07, 6.45) is 8.00. The van der Waals surface area contributed by atoms with Crippen LogP contribution in [0, 0.1) is 70.5 Å². The van der Waals surface area contributed by atoms with Crippen LogP contribution in [-0.4, -0.2) is 69.6 Å². The molecule has 4 aliphatic carbocycles. The molecule has 0 heterocycles. The molecule has 0 radical (unpaired) electrons. The quantitative estimate of drug-likeness (QED) is 0.212. The molecular formula is C33H54N2O6. The summed E-state index contributed by atoms with van der Waals surface area (Å²) in [5, 5.41) is 50.9. The third-order valence-corrected chi connectivity index (χ3v) is 12.4. The average molecular weight is 575 g/mol. The van der Waals surface area contributed by atoms with Gasteiger partial charge in [0.05, 0.1) is 36.7 Å². The predicted octanol–water partition coefficient (Wildman–Crippen LogP) is 3.36.